The van der Waals surface area contributed by atoms with E-state index in [0.717, 1.165) is 40.9 Å². The number of ether oxygens (including phenoxy) is 2. The van der Waals surface area contributed by atoms with Gasteiger partial charge in [0.2, 0.25) is 0 Å². The van der Waals surface area contributed by atoms with Crippen molar-refractivity contribution in [3.8, 4) is 11.5 Å². The fourth-order valence-electron chi connectivity index (χ4n) is 2.01. The maximum Gasteiger partial charge on any atom is 0.165 e. The van der Waals surface area contributed by atoms with Crippen LogP contribution in [0.5, 0.6) is 11.5 Å². The first-order valence-electron chi connectivity index (χ1n) is 6.39. The van der Waals surface area contributed by atoms with Crippen molar-refractivity contribution < 1.29 is 9.47 Å². The van der Waals surface area contributed by atoms with Gasteiger partial charge < -0.3 is 14.8 Å². The third-order valence-corrected chi connectivity index (χ3v) is 4.27. The van der Waals surface area contributed by atoms with Crippen molar-refractivity contribution in [2.75, 3.05) is 20.8 Å². The molecular formula is C15H18ClNO2S. The zero-order valence-electron chi connectivity index (χ0n) is 11.6. The van der Waals surface area contributed by atoms with Crippen LogP contribution < -0.4 is 14.8 Å². The van der Waals surface area contributed by atoms with Crippen LogP contribution in [0.15, 0.2) is 30.3 Å². The lowest BCUT2D eigenvalue weighted by atomic mass is 10.2. The second-order valence-electron chi connectivity index (χ2n) is 4.29. The first kappa shape index (κ1) is 15.2. The molecule has 0 amide bonds. The summed E-state index contributed by atoms with van der Waals surface area (Å²) in [5.41, 5.74) is 1.09. The fourth-order valence-corrected chi connectivity index (χ4v) is 3.10. The van der Waals surface area contributed by atoms with Crippen LogP contribution in [0.1, 0.15) is 10.4 Å². The van der Waals surface area contributed by atoms with Gasteiger partial charge in [-0.05, 0) is 24.6 Å². The normalized spacial score (nSPS) is 10.6. The van der Waals surface area contributed by atoms with Crippen molar-refractivity contribution in [3.05, 3.63) is 45.1 Å². The lowest BCUT2D eigenvalue weighted by Gasteiger charge is -2.13. The Morgan fingerprint density at radius 1 is 1.15 bits per heavy atom. The van der Waals surface area contributed by atoms with Crippen LogP contribution in [0.4, 0.5) is 0 Å². The molecule has 0 atom stereocenters. The van der Waals surface area contributed by atoms with Gasteiger partial charge in [0.15, 0.2) is 11.5 Å². The minimum atomic E-state index is 0.749. The third kappa shape index (κ3) is 3.88. The predicted molar refractivity (Wildman–Crippen MR) is 84.3 cm³/mol. The Kier molecular flexibility index (Phi) is 5.71. The standard InChI is InChI=1S/C15H18ClNO2S/c1-18-13-5-3-4-11(15(13)19-2)10-17-9-8-12-6-7-14(16)20-12/h3-7,17H,8-10H2,1-2H3. The fraction of sp³-hybridized carbons (Fsp3) is 0.333. The second-order valence-corrected chi connectivity index (χ2v) is 6.08. The lowest BCUT2D eigenvalue weighted by molar-refractivity contribution is 0.350. The molecule has 0 aliphatic heterocycles. The number of hydrogen-bond acceptors (Lipinski definition) is 4. The summed E-state index contributed by atoms with van der Waals surface area (Å²) >= 11 is 7.54. The van der Waals surface area contributed by atoms with Crippen molar-refractivity contribution in [3.63, 3.8) is 0 Å². The molecule has 2 aromatic rings. The van der Waals surface area contributed by atoms with E-state index >= 15 is 0 Å². The average molecular weight is 312 g/mol. The van der Waals surface area contributed by atoms with Gasteiger partial charge in [0.25, 0.3) is 0 Å². The van der Waals surface area contributed by atoms with Crippen LogP contribution in [0.25, 0.3) is 0 Å². The summed E-state index contributed by atoms with van der Waals surface area (Å²) in [5.74, 6) is 1.55. The number of halogens is 1. The molecule has 2 rings (SSSR count). The van der Waals surface area contributed by atoms with Crippen molar-refractivity contribution in [1.29, 1.82) is 0 Å². The van der Waals surface area contributed by atoms with Gasteiger partial charge >= 0.3 is 0 Å². The van der Waals surface area contributed by atoms with E-state index in [1.165, 1.54) is 4.88 Å². The number of methoxy groups -OCH3 is 2. The largest absolute Gasteiger partial charge is 0.493 e. The Bertz CT molecular complexity index is 557. The molecule has 0 radical (unpaired) electrons. The quantitative estimate of drug-likeness (QED) is 0.790. The van der Waals surface area contributed by atoms with Gasteiger partial charge in [-0.2, -0.15) is 0 Å². The SMILES string of the molecule is COc1cccc(CNCCc2ccc(Cl)s2)c1OC. The summed E-state index contributed by atoms with van der Waals surface area (Å²) < 4.78 is 11.5. The van der Waals surface area contributed by atoms with Gasteiger partial charge in [0, 0.05) is 23.5 Å². The molecular weight excluding hydrogens is 294 g/mol. The van der Waals surface area contributed by atoms with E-state index in [-0.39, 0.29) is 0 Å². The Labute approximate surface area is 128 Å². The zero-order valence-corrected chi connectivity index (χ0v) is 13.2. The highest BCUT2D eigenvalue weighted by Crippen LogP contribution is 2.30. The van der Waals surface area contributed by atoms with Gasteiger partial charge in [-0.25, -0.2) is 0 Å². The molecule has 108 valence electrons. The Balaban J connectivity index is 1.87. The monoisotopic (exact) mass is 311 g/mol. The van der Waals surface area contributed by atoms with Gasteiger partial charge in [-0.1, -0.05) is 23.7 Å². The summed E-state index contributed by atoms with van der Waals surface area (Å²) in [5, 5.41) is 3.41. The van der Waals surface area contributed by atoms with E-state index in [9.17, 15) is 0 Å². The van der Waals surface area contributed by atoms with Crippen molar-refractivity contribution in [2.45, 2.75) is 13.0 Å². The Morgan fingerprint density at radius 3 is 2.65 bits per heavy atom. The van der Waals surface area contributed by atoms with Gasteiger partial charge in [0.1, 0.15) is 0 Å². The van der Waals surface area contributed by atoms with Crippen molar-refractivity contribution >= 4 is 22.9 Å². The maximum atomic E-state index is 5.91. The summed E-state index contributed by atoms with van der Waals surface area (Å²) in [7, 11) is 3.31. The lowest BCUT2D eigenvalue weighted by Crippen LogP contribution is -2.16. The van der Waals surface area contributed by atoms with Crippen molar-refractivity contribution in [2.24, 2.45) is 0 Å². The number of benzene rings is 1. The summed E-state index contributed by atoms with van der Waals surface area (Å²) in [6.45, 7) is 1.65. The molecule has 0 saturated heterocycles. The van der Waals surface area contributed by atoms with E-state index < -0.39 is 0 Å². The molecule has 0 aliphatic rings. The zero-order chi connectivity index (χ0) is 14.4. The van der Waals surface area contributed by atoms with E-state index in [1.54, 1.807) is 25.6 Å². The molecule has 20 heavy (non-hydrogen) atoms. The van der Waals surface area contributed by atoms with Crippen LogP contribution in [-0.2, 0) is 13.0 Å². The van der Waals surface area contributed by atoms with Crippen LogP contribution >= 0.6 is 22.9 Å². The van der Waals surface area contributed by atoms with Gasteiger partial charge in [0.05, 0.1) is 18.6 Å². The topological polar surface area (TPSA) is 30.5 Å². The highest BCUT2D eigenvalue weighted by molar-refractivity contribution is 7.16. The predicted octanol–water partition coefficient (Wildman–Crippen LogP) is 3.75. The summed E-state index contributed by atoms with van der Waals surface area (Å²) in [6, 6.07) is 9.91. The van der Waals surface area contributed by atoms with Gasteiger partial charge in [-0.15, -0.1) is 11.3 Å². The van der Waals surface area contributed by atoms with Crippen LogP contribution in [-0.4, -0.2) is 20.8 Å². The first-order valence-corrected chi connectivity index (χ1v) is 7.59. The minimum absolute atomic E-state index is 0.749. The molecule has 1 N–H and O–H groups in total. The highest BCUT2D eigenvalue weighted by Gasteiger charge is 2.08. The van der Waals surface area contributed by atoms with Gasteiger partial charge in [-0.3, -0.25) is 0 Å². The van der Waals surface area contributed by atoms with Crippen LogP contribution in [0, 0.1) is 0 Å². The molecule has 0 saturated carbocycles. The Morgan fingerprint density at radius 2 is 2.00 bits per heavy atom. The maximum absolute atomic E-state index is 5.91. The minimum Gasteiger partial charge on any atom is -0.493 e. The number of rotatable bonds is 7. The van der Waals surface area contributed by atoms with Crippen molar-refractivity contribution in [1.82, 2.24) is 5.32 Å². The van der Waals surface area contributed by atoms with E-state index in [4.69, 9.17) is 21.1 Å². The molecule has 1 aromatic carbocycles. The smallest absolute Gasteiger partial charge is 0.165 e. The van der Waals surface area contributed by atoms with Crippen LogP contribution in [0.2, 0.25) is 4.34 Å². The molecule has 0 spiro atoms. The highest BCUT2D eigenvalue weighted by atomic mass is 35.5. The van der Waals surface area contributed by atoms with Crippen LogP contribution in [0.3, 0.4) is 0 Å². The summed E-state index contributed by atoms with van der Waals surface area (Å²) in [6.07, 6.45) is 0.976. The molecule has 5 heteroatoms. The third-order valence-electron chi connectivity index (χ3n) is 2.98. The van der Waals surface area contributed by atoms with E-state index in [0.29, 0.717) is 0 Å². The van der Waals surface area contributed by atoms with E-state index in [1.807, 2.05) is 24.3 Å². The second kappa shape index (κ2) is 7.53. The molecule has 3 nitrogen and oxygen atoms in total. The summed E-state index contributed by atoms with van der Waals surface area (Å²) in [4.78, 5) is 1.29. The van der Waals surface area contributed by atoms with E-state index in [2.05, 4.69) is 11.4 Å². The number of nitrogens with one attached hydrogen (secondary N) is 1. The average Bonchev–Trinajstić information content (AvgIpc) is 2.88. The Hall–Kier alpha value is -1.23. The number of thiophene rings is 1. The molecule has 1 heterocycles. The number of hydrogen-bond donors (Lipinski definition) is 1. The molecule has 0 unspecified atom stereocenters. The number of para-hydroxylation sites is 1. The molecule has 0 aliphatic carbocycles. The first-order chi connectivity index (χ1) is 9.74. The molecule has 1 aromatic heterocycles. The molecule has 0 bridgehead atoms. The molecule has 0 fully saturated rings.